The number of hydrogen-bond donors (Lipinski definition) is 2. The van der Waals surface area contributed by atoms with Gasteiger partial charge in [-0.3, -0.25) is 0 Å². The summed E-state index contributed by atoms with van der Waals surface area (Å²) < 4.78 is 12.1. The number of likely N-dealkylation sites (tertiary alicyclic amines) is 1. The molecule has 1 aliphatic rings. The van der Waals surface area contributed by atoms with Crippen molar-refractivity contribution in [2.24, 2.45) is 0 Å². The maximum absolute atomic E-state index is 12.2. The Morgan fingerprint density at radius 2 is 2.03 bits per heavy atom. The van der Waals surface area contributed by atoms with E-state index in [9.17, 15) is 4.79 Å². The standard InChI is InChI=1S/C18H24N8O3/c1-18(2,3)29-17(27)25-8-6-11(7-9-25)20-15-22-14(19)26-16(23-15)21-13(24-26)12-5-4-10-28-12/h4-5,10-11H,6-9H2,1-3H3,(H3,19,20,21,22,23,24). The lowest BCUT2D eigenvalue weighted by Crippen LogP contribution is -2.44. The van der Waals surface area contributed by atoms with E-state index in [2.05, 4.69) is 25.4 Å². The molecule has 0 atom stereocenters. The summed E-state index contributed by atoms with van der Waals surface area (Å²) in [4.78, 5) is 26.9. The quantitative estimate of drug-likeness (QED) is 0.677. The number of anilines is 2. The van der Waals surface area contributed by atoms with Gasteiger partial charge in [0.25, 0.3) is 5.78 Å². The van der Waals surface area contributed by atoms with Crippen molar-refractivity contribution in [3.63, 3.8) is 0 Å². The predicted molar refractivity (Wildman–Crippen MR) is 105 cm³/mol. The van der Waals surface area contributed by atoms with Gasteiger partial charge in [-0.05, 0) is 45.7 Å². The van der Waals surface area contributed by atoms with E-state index in [0.29, 0.717) is 36.4 Å². The van der Waals surface area contributed by atoms with E-state index in [1.165, 1.54) is 4.52 Å². The average Bonchev–Trinajstić information content (AvgIpc) is 3.30. The van der Waals surface area contributed by atoms with Gasteiger partial charge in [-0.2, -0.15) is 19.5 Å². The molecule has 1 saturated heterocycles. The van der Waals surface area contributed by atoms with Crippen molar-refractivity contribution >= 4 is 23.8 Å². The summed E-state index contributed by atoms with van der Waals surface area (Å²) >= 11 is 0. The van der Waals surface area contributed by atoms with Crippen LogP contribution in [-0.4, -0.2) is 60.3 Å². The molecule has 0 bridgehead atoms. The van der Waals surface area contributed by atoms with Crippen LogP contribution in [-0.2, 0) is 4.74 Å². The summed E-state index contributed by atoms with van der Waals surface area (Å²) in [7, 11) is 0. The van der Waals surface area contributed by atoms with E-state index in [1.807, 2.05) is 20.8 Å². The van der Waals surface area contributed by atoms with Crippen LogP contribution in [0, 0.1) is 0 Å². The molecule has 11 heteroatoms. The maximum atomic E-state index is 12.2. The molecule has 0 aliphatic carbocycles. The fourth-order valence-electron chi connectivity index (χ4n) is 3.10. The summed E-state index contributed by atoms with van der Waals surface area (Å²) in [5.41, 5.74) is 5.52. The van der Waals surface area contributed by atoms with Gasteiger partial charge < -0.3 is 25.1 Å². The Balaban J connectivity index is 1.42. The minimum Gasteiger partial charge on any atom is -0.461 e. The van der Waals surface area contributed by atoms with Crippen LogP contribution in [0.4, 0.5) is 16.7 Å². The van der Waals surface area contributed by atoms with E-state index in [1.54, 1.807) is 23.3 Å². The Hall–Kier alpha value is -3.37. The average molecular weight is 400 g/mol. The van der Waals surface area contributed by atoms with Gasteiger partial charge in [0.15, 0.2) is 5.76 Å². The minimum atomic E-state index is -0.500. The molecule has 0 radical (unpaired) electrons. The number of nitrogens with one attached hydrogen (secondary N) is 1. The second kappa shape index (κ2) is 7.22. The molecule has 4 heterocycles. The van der Waals surface area contributed by atoms with Gasteiger partial charge in [-0.1, -0.05) is 0 Å². The van der Waals surface area contributed by atoms with Crippen molar-refractivity contribution < 1.29 is 13.9 Å². The van der Waals surface area contributed by atoms with Crippen LogP contribution in [0.1, 0.15) is 33.6 Å². The van der Waals surface area contributed by atoms with Gasteiger partial charge in [0.2, 0.25) is 17.7 Å². The molecule has 4 rings (SSSR count). The summed E-state index contributed by atoms with van der Waals surface area (Å²) in [6.07, 6.45) is 2.76. The third-order valence-electron chi connectivity index (χ3n) is 4.45. The SMILES string of the molecule is CC(C)(C)OC(=O)N1CCC(Nc2nc(N)n3nc(-c4ccco4)nc3n2)CC1. The van der Waals surface area contributed by atoms with Gasteiger partial charge in [0.05, 0.1) is 6.26 Å². The molecular formula is C18H24N8O3. The summed E-state index contributed by atoms with van der Waals surface area (Å²) in [5, 5.41) is 7.56. The number of piperidine rings is 1. The van der Waals surface area contributed by atoms with E-state index in [4.69, 9.17) is 14.9 Å². The van der Waals surface area contributed by atoms with Gasteiger partial charge in [0.1, 0.15) is 5.60 Å². The molecule has 3 N–H and O–H groups in total. The summed E-state index contributed by atoms with van der Waals surface area (Å²) in [6.45, 7) is 6.77. The fraction of sp³-hybridized carbons (Fsp3) is 0.500. The molecule has 0 unspecified atom stereocenters. The zero-order valence-corrected chi connectivity index (χ0v) is 16.6. The van der Waals surface area contributed by atoms with Gasteiger partial charge in [0, 0.05) is 19.1 Å². The Morgan fingerprint density at radius 3 is 2.69 bits per heavy atom. The number of carbonyl (C=O) groups excluding carboxylic acids is 1. The number of fused-ring (bicyclic) bond motifs is 1. The first-order valence-corrected chi connectivity index (χ1v) is 9.47. The molecule has 1 aliphatic heterocycles. The number of aromatic nitrogens is 5. The van der Waals surface area contributed by atoms with Crippen LogP contribution in [0.3, 0.4) is 0 Å². The number of nitrogens with zero attached hydrogens (tertiary/aromatic N) is 6. The Morgan fingerprint density at radius 1 is 1.28 bits per heavy atom. The molecule has 29 heavy (non-hydrogen) atoms. The van der Waals surface area contributed by atoms with E-state index in [-0.39, 0.29) is 18.1 Å². The molecule has 0 aromatic carbocycles. The molecule has 154 valence electrons. The Kier molecular flexibility index (Phi) is 4.73. The normalized spacial score (nSPS) is 15.6. The number of furan rings is 1. The van der Waals surface area contributed by atoms with Crippen molar-refractivity contribution in [3.05, 3.63) is 18.4 Å². The molecule has 1 amide bonds. The second-order valence-electron chi connectivity index (χ2n) is 7.92. The first-order valence-electron chi connectivity index (χ1n) is 9.47. The second-order valence-corrected chi connectivity index (χ2v) is 7.92. The maximum Gasteiger partial charge on any atom is 0.410 e. The van der Waals surface area contributed by atoms with Crippen molar-refractivity contribution in [3.8, 4) is 11.6 Å². The predicted octanol–water partition coefficient (Wildman–Crippen LogP) is 2.17. The molecule has 11 nitrogen and oxygen atoms in total. The highest BCUT2D eigenvalue weighted by Crippen LogP contribution is 2.20. The lowest BCUT2D eigenvalue weighted by Gasteiger charge is -2.33. The Bertz CT molecular complexity index is 1000. The van der Waals surface area contributed by atoms with Crippen LogP contribution < -0.4 is 11.1 Å². The zero-order chi connectivity index (χ0) is 20.6. The van der Waals surface area contributed by atoms with Gasteiger partial charge in [-0.25, -0.2) is 4.79 Å². The van der Waals surface area contributed by atoms with Gasteiger partial charge in [-0.15, -0.1) is 5.10 Å². The van der Waals surface area contributed by atoms with Crippen molar-refractivity contribution in [2.45, 2.75) is 45.3 Å². The van der Waals surface area contributed by atoms with Crippen LogP contribution in [0.2, 0.25) is 0 Å². The molecule has 3 aromatic rings. The fourth-order valence-corrected chi connectivity index (χ4v) is 3.10. The largest absolute Gasteiger partial charge is 0.461 e. The minimum absolute atomic E-state index is 0.114. The number of carbonyl (C=O) groups is 1. The van der Waals surface area contributed by atoms with Crippen molar-refractivity contribution in [1.29, 1.82) is 0 Å². The number of ether oxygens (including phenoxy) is 1. The number of amides is 1. The van der Waals surface area contributed by atoms with Crippen LogP contribution in [0.5, 0.6) is 0 Å². The Labute approximate surface area is 167 Å². The van der Waals surface area contributed by atoms with Crippen LogP contribution >= 0.6 is 0 Å². The van der Waals surface area contributed by atoms with Crippen molar-refractivity contribution in [1.82, 2.24) is 29.5 Å². The van der Waals surface area contributed by atoms with E-state index < -0.39 is 5.60 Å². The third-order valence-corrected chi connectivity index (χ3v) is 4.45. The highest BCUT2D eigenvalue weighted by molar-refractivity contribution is 5.68. The number of nitrogen functional groups attached to an aromatic ring is 1. The van der Waals surface area contributed by atoms with E-state index >= 15 is 0 Å². The highest BCUT2D eigenvalue weighted by Gasteiger charge is 2.27. The molecule has 1 fully saturated rings. The first-order chi connectivity index (χ1) is 13.8. The molecular weight excluding hydrogens is 376 g/mol. The highest BCUT2D eigenvalue weighted by atomic mass is 16.6. The van der Waals surface area contributed by atoms with E-state index in [0.717, 1.165) is 12.8 Å². The monoisotopic (exact) mass is 400 g/mol. The van der Waals surface area contributed by atoms with Crippen molar-refractivity contribution in [2.75, 3.05) is 24.1 Å². The molecule has 3 aromatic heterocycles. The topological polar surface area (TPSA) is 137 Å². The third kappa shape index (κ3) is 4.23. The lowest BCUT2D eigenvalue weighted by atomic mass is 10.1. The number of nitrogens with two attached hydrogens (primary N) is 1. The summed E-state index contributed by atoms with van der Waals surface area (Å²) in [5.74, 6) is 1.80. The summed E-state index contributed by atoms with van der Waals surface area (Å²) in [6, 6.07) is 3.63. The molecule has 0 saturated carbocycles. The van der Waals surface area contributed by atoms with Gasteiger partial charge >= 0.3 is 6.09 Å². The molecule has 0 spiro atoms. The van der Waals surface area contributed by atoms with Crippen LogP contribution in [0.25, 0.3) is 17.4 Å². The smallest absolute Gasteiger partial charge is 0.410 e. The lowest BCUT2D eigenvalue weighted by molar-refractivity contribution is 0.0210. The zero-order valence-electron chi connectivity index (χ0n) is 16.6. The van der Waals surface area contributed by atoms with Crippen LogP contribution in [0.15, 0.2) is 22.8 Å². The number of hydrogen-bond acceptors (Lipinski definition) is 9. The first kappa shape index (κ1) is 19.0. The number of rotatable bonds is 3.